The van der Waals surface area contributed by atoms with Crippen molar-refractivity contribution in [2.45, 2.75) is 19.9 Å². The van der Waals surface area contributed by atoms with E-state index in [0.29, 0.717) is 0 Å². The molecule has 2 aromatic rings. The lowest BCUT2D eigenvalue weighted by Gasteiger charge is -2.01. The van der Waals surface area contributed by atoms with Crippen LogP contribution in [-0.4, -0.2) is 19.7 Å². The van der Waals surface area contributed by atoms with Gasteiger partial charge in [0.15, 0.2) is 0 Å². The number of hydrogen-bond donors (Lipinski definition) is 2. The van der Waals surface area contributed by atoms with E-state index in [4.69, 9.17) is 46.4 Å². The van der Waals surface area contributed by atoms with Crippen LogP contribution in [0.25, 0.3) is 0 Å². The highest BCUT2D eigenvalue weighted by Gasteiger charge is 2.31. The largest absolute Gasteiger partial charge is 0.308 e. The molecule has 0 unspecified atom stereocenters. The fraction of sp³-hybridized carbons (Fsp3) is 0.176. The molecule has 0 aliphatic carbocycles. The summed E-state index contributed by atoms with van der Waals surface area (Å²) in [5.74, 6) is -0.986. The van der Waals surface area contributed by atoms with E-state index >= 15 is 0 Å². The van der Waals surface area contributed by atoms with Crippen LogP contribution in [0.5, 0.6) is 0 Å². The van der Waals surface area contributed by atoms with Gasteiger partial charge >= 0.3 is 0 Å². The first kappa shape index (κ1) is 21.1. The van der Waals surface area contributed by atoms with Gasteiger partial charge < -0.3 is 5.32 Å². The van der Waals surface area contributed by atoms with Crippen molar-refractivity contribution in [1.82, 2.24) is 10.6 Å². The molecule has 2 aliphatic heterocycles. The number of nitrogens with one attached hydrogen (secondary N) is 2. The second-order valence-electron chi connectivity index (χ2n) is 5.15. The molecule has 2 amide bonds. The summed E-state index contributed by atoms with van der Waals surface area (Å²) in [5, 5.41) is 7.42. The van der Waals surface area contributed by atoms with Crippen LogP contribution in [0.1, 0.15) is 31.8 Å². The van der Waals surface area contributed by atoms with E-state index in [-0.39, 0.29) is 21.2 Å². The molecule has 0 saturated heterocycles. The maximum atomic E-state index is 11.2. The van der Waals surface area contributed by atoms with E-state index in [2.05, 4.69) is 18.5 Å². The standard InChI is InChI=1S/C8H3Cl2NO2.C8H7Cl2N.CH3B/c9-3-1-2-4(10)6-5(3)7(12)11-8(6)13;9-7-1-2-8(10)6-4-11-3-5(6)7;1-2/h1-2H,(H,11,12,13);1-2,11H,3-4H2;1H3. The lowest BCUT2D eigenvalue weighted by Crippen LogP contribution is -2.20. The smallest absolute Gasteiger partial charge is 0.260 e. The van der Waals surface area contributed by atoms with Crippen molar-refractivity contribution in [2.75, 3.05) is 0 Å². The monoisotopic (exact) mass is 428 g/mol. The first-order valence-electron chi connectivity index (χ1n) is 7.48. The highest BCUT2D eigenvalue weighted by molar-refractivity contribution is 6.41. The summed E-state index contributed by atoms with van der Waals surface area (Å²) in [7, 11) is 4.50. The Morgan fingerprint density at radius 2 is 1.08 bits per heavy atom. The van der Waals surface area contributed by atoms with Crippen molar-refractivity contribution >= 4 is 66.1 Å². The molecule has 134 valence electrons. The number of fused-ring (bicyclic) bond motifs is 2. The molecule has 4 nitrogen and oxygen atoms in total. The maximum Gasteiger partial charge on any atom is 0.260 e. The number of rotatable bonds is 0. The Morgan fingerprint density at radius 3 is 1.46 bits per heavy atom. The molecule has 2 aliphatic rings. The maximum absolute atomic E-state index is 11.2. The first-order chi connectivity index (χ1) is 12.4. The first-order valence-corrected chi connectivity index (χ1v) is 8.99. The van der Waals surface area contributed by atoms with Crippen molar-refractivity contribution in [3.05, 3.63) is 66.6 Å². The summed E-state index contributed by atoms with van der Waals surface area (Å²) >= 11 is 23.3. The molecule has 4 rings (SSSR count). The number of benzene rings is 2. The number of halogens is 4. The molecule has 2 heterocycles. The van der Waals surface area contributed by atoms with Gasteiger partial charge in [-0.25, -0.2) is 0 Å². The highest BCUT2D eigenvalue weighted by Crippen LogP contribution is 2.30. The van der Waals surface area contributed by atoms with Gasteiger partial charge in [0.1, 0.15) is 0 Å². The Balaban J connectivity index is 0.000000173. The van der Waals surface area contributed by atoms with Gasteiger partial charge in [-0.1, -0.05) is 53.2 Å². The van der Waals surface area contributed by atoms with E-state index < -0.39 is 11.8 Å². The summed E-state index contributed by atoms with van der Waals surface area (Å²) in [6.45, 7) is 3.18. The average Bonchev–Trinajstić information content (AvgIpc) is 3.23. The van der Waals surface area contributed by atoms with E-state index in [1.807, 2.05) is 12.1 Å². The van der Waals surface area contributed by atoms with Crippen molar-refractivity contribution in [1.29, 1.82) is 0 Å². The molecule has 0 fully saturated rings. The highest BCUT2D eigenvalue weighted by atomic mass is 35.5. The molecule has 0 spiro atoms. The summed E-state index contributed by atoms with van der Waals surface area (Å²) < 4.78 is 0. The van der Waals surface area contributed by atoms with Gasteiger partial charge in [0.2, 0.25) is 0 Å². The molecule has 2 N–H and O–H groups in total. The van der Waals surface area contributed by atoms with Crippen LogP contribution in [0.2, 0.25) is 26.9 Å². The van der Waals surface area contributed by atoms with E-state index in [9.17, 15) is 9.59 Å². The molecule has 2 aromatic carbocycles. The van der Waals surface area contributed by atoms with Gasteiger partial charge in [0.25, 0.3) is 11.8 Å². The minimum Gasteiger partial charge on any atom is -0.308 e. The van der Waals surface area contributed by atoms with E-state index in [1.54, 1.807) is 0 Å². The fourth-order valence-electron chi connectivity index (χ4n) is 2.55. The summed E-state index contributed by atoms with van der Waals surface area (Å²) in [6, 6.07) is 6.66. The Bertz CT molecular complexity index is 806. The molecule has 9 heteroatoms. The van der Waals surface area contributed by atoms with Crippen LogP contribution in [0, 0.1) is 0 Å². The minimum absolute atomic E-state index is 0.166. The Kier molecular flexibility index (Phi) is 7.38. The predicted octanol–water partition coefficient (Wildman–Crippen LogP) is 4.68. The van der Waals surface area contributed by atoms with Gasteiger partial charge in [-0.3, -0.25) is 14.9 Å². The van der Waals surface area contributed by atoms with Gasteiger partial charge in [0.05, 0.1) is 29.0 Å². The number of imide groups is 1. The summed E-state index contributed by atoms with van der Waals surface area (Å²) in [5.41, 5.74) is 2.64. The van der Waals surface area contributed by atoms with Crippen LogP contribution < -0.4 is 10.6 Å². The average molecular weight is 430 g/mol. The van der Waals surface area contributed by atoms with Gasteiger partial charge in [0, 0.05) is 23.1 Å². The molecule has 0 bridgehead atoms. The molecule has 2 radical (unpaired) electrons. The lowest BCUT2D eigenvalue weighted by molar-refractivity contribution is 0.0880. The van der Waals surface area contributed by atoms with Crippen LogP contribution in [-0.2, 0) is 13.1 Å². The van der Waals surface area contributed by atoms with E-state index in [0.717, 1.165) is 34.3 Å². The number of amides is 2. The molecule has 0 aromatic heterocycles. The quantitative estimate of drug-likeness (QED) is 0.472. The zero-order valence-electron chi connectivity index (χ0n) is 13.6. The third-order valence-electron chi connectivity index (χ3n) is 3.71. The second-order valence-corrected chi connectivity index (χ2v) is 6.78. The number of carbonyl (C=O) groups excluding carboxylic acids is 2. The van der Waals surface area contributed by atoms with E-state index in [1.165, 1.54) is 19.0 Å². The van der Waals surface area contributed by atoms with Crippen LogP contribution in [0.3, 0.4) is 0 Å². The third-order valence-corrected chi connectivity index (χ3v) is 5.04. The molecular formula is C17H13BCl4N2O2. The molecule has 26 heavy (non-hydrogen) atoms. The van der Waals surface area contributed by atoms with Crippen molar-refractivity contribution in [3.63, 3.8) is 0 Å². The Morgan fingerprint density at radius 1 is 0.731 bits per heavy atom. The van der Waals surface area contributed by atoms with Gasteiger partial charge in [-0.2, -0.15) is 0 Å². The normalized spacial score (nSPS) is 13.7. The zero-order valence-corrected chi connectivity index (χ0v) is 16.7. The second kappa shape index (κ2) is 9.11. The molecular weight excluding hydrogens is 417 g/mol. The zero-order chi connectivity index (χ0) is 19.4. The topological polar surface area (TPSA) is 58.2 Å². The molecule has 0 atom stereocenters. The predicted molar refractivity (Wildman–Crippen MR) is 107 cm³/mol. The lowest BCUT2D eigenvalue weighted by atomic mass is 10.1. The Labute approximate surface area is 172 Å². The third kappa shape index (κ3) is 4.18. The van der Waals surface area contributed by atoms with Crippen LogP contribution in [0.4, 0.5) is 0 Å². The summed E-state index contributed by atoms with van der Waals surface area (Å²) in [4.78, 5) is 22.3. The van der Waals surface area contributed by atoms with Crippen molar-refractivity contribution < 1.29 is 9.59 Å². The SMILES string of the molecule is Clc1ccc(Cl)c2c1CNC2.O=C1NC(=O)c2c(Cl)ccc(Cl)c21.[B]C. The van der Waals surface area contributed by atoms with Gasteiger partial charge in [-0.15, -0.1) is 0 Å². The minimum atomic E-state index is -0.493. The number of hydrogen-bond acceptors (Lipinski definition) is 3. The van der Waals surface area contributed by atoms with Crippen LogP contribution in [0.15, 0.2) is 24.3 Å². The van der Waals surface area contributed by atoms with Crippen molar-refractivity contribution in [2.24, 2.45) is 0 Å². The molecule has 0 saturated carbocycles. The summed E-state index contributed by atoms with van der Waals surface area (Å²) in [6.07, 6.45) is 0. The van der Waals surface area contributed by atoms with Crippen LogP contribution >= 0.6 is 46.4 Å². The fourth-order valence-corrected chi connectivity index (χ4v) is 3.53. The number of carbonyl (C=O) groups is 2. The van der Waals surface area contributed by atoms with Gasteiger partial charge in [-0.05, 0) is 35.4 Å². The van der Waals surface area contributed by atoms with Crippen molar-refractivity contribution in [3.8, 4) is 0 Å². The Hall–Kier alpha value is -1.24.